The van der Waals surface area contributed by atoms with Gasteiger partial charge in [-0.05, 0) is 45.6 Å². The average Bonchev–Trinajstić information content (AvgIpc) is 2.85. The fourth-order valence-electron chi connectivity index (χ4n) is 2.04. The zero-order valence-corrected chi connectivity index (χ0v) is 12.6. The molecule has 1 atom stereocenters. The zero-order chi connectivity index (χ0) is 13.2. The van der Waals surface area contributed by atoms with E-state index in [1.807, 2.05) is 18.3 Å². The minimum atomic E-state index is 0.00563. The van der Waals surface area contributed by atoms with Gasteiger partial charge in [0.15, 0.2) is 0 Å². The molecule has 0 saturated heterocycles. The van der Waals surface area contributed by atoms with Gasteiger partial charge in [0, 0.05) is 38.4 Å². The summed E-state index contributed by atoms with van der Waals surface area (Å²) in [6.07, 6.45) is 2.58. The summed E-state index contributed by atoms with van der Waals surface area (Å²) in [5, 5.41) is 1.27. The molecule has 2 heterocycles. The molecule has 1 aromatic carbocycles. The minimum absolute atomic E-state index is 0.00563. The third-order valence-corrected chi connectivity index (χ3v) is 4.74. The van der Waals surface area contributed by atoms with Crippen molar-refractivity contribution in [1.82, 2.24) is 4.98 Å². The van der Waals surface area contributed by atoms with Gasteiger partial charge < -0.3 is 5.73 Å². The lowest BCUT2D eigenvalue weighted by Crippen LogP contribution is -2.12. The van der Waals surface area contributed by atoms with Crippen molar-refractivity contribution in [3.05, 3.63) is 63.7 Å². The van der Waals surface area contributed by atoms with Crippen LogP contribution < -0.4 is 5.73 Å². The Morgan fingerprint density at radius 3 is 2.79 bits per heavy atom. The van der Waals surface area contributed by atoms with Gasteiger partial charge in [0.1, 0.15) is 0 Å². The first-order valence-corrected chi connectivity index (χ1v) is 7.68. The number of aromatic nitrogens is 1. The van der Waals surface area contributed by atoms with Crippen LogP contribution in [0.5, 0.6) is 0 Å². The van der Waals surface area contributed by atoms with Crippen LogP contribution in [0.2, 0.25) is 0 Å². The summed E-state index contributed by atoms with van der Waals surface area (Å²) in [6.45, 7) is 0. The predicted octanol–water partition coefficient (Wildman–Crippen LogP) is 4.30. The molecule has 19 heavy (non-hydrogen) atoms. The van der Waals surface area contributed by atoms with E-state index in [2.05, 4.69) is 51.2 Å². The summed E-state index contributed by atoms with van der Waals surface area (Å²) in [4.78, 5) is 5.59. The molecule has 2 N–H and O–H groups in total. The van der Waals surface area contributed by atoms with E-state index >= 15 is 0 Å². The molecule has 0 bridgehead atoms. The van der Waals surface area contributed by atoms with Crippen molar-refractivity contribution >= 4 is 37.4 Å². The molecule has 3 rings (SSSR count). The lowest BCUT2D eigenvalue weighted by Gasteiger charge is -2.08. The quantitative estimate of drug-likeness (QED) is 0.776. The number of pyridine rings is 1. The Balaban J connectivity index is 1.83. The third-order valence-electron chi connectivity index (χ3n) is 3.03. The number of halogens is 1. The van der Waals surface area contributed by atoms with Crippen molar-refractivity contribution in [2.45, 2.75) is 12.5 Å². The van der Waals surface area contributed by atoms with Crippen LogP contribution in [0.3, 0.4) is 0 Å². The van der Waals surface area contributed by atoms with E-state index in [-0.39, 0.29) is 6.04 Å². The second kappa shape index (κ2) is 5.41. The van der Waals surface area contributed by atoms with Gasteiger partial charge in [0.05, 0.1) is 0 Å². The van der Waals surface area contributed by atoms with Crippen LogP contribution in [0.4, 0.5) is 0 Å². The number of benzene rings is 1. The molecular formula is C15H13BrN2S. The second-order valence-corrected chi connectivity index (χ2v) is 6.50. The molecule has 0 aliphatic carbocycles. The van der Waals surface area contributed by atoms with E-state index in [4.69, 9.17) is 5.73 Å². The van der Waals surface area contributed by atoms with Gasteiger partial charge in [-0.15, -0.1) is 11.3 Å². The molecule has 0 fully saturated rings. The summed E-state index contributed by atoms with van der Waals surface area (Å²) in [7, 11) is 0. The standard InChI is InChI=1S/C15H13BrN2S/c16-11-5-6-12(18-9-11)8-13(17)15-7-10-3-1-2-4-14(10)19-15/h1-7,9,13H,8,17H2. The molecule has 4 heteroatoms. The summed E-state index contributed by atoms with van der Waals surface area (Å²) in [5.74, 6) is 0. The molecule has 0 radical (unpaired) electrons. The highest BCUT2D eigenvalue weighted by Gasteiger charge is 2.11. The Hall–Kier alpha value is -1.23. The van der Waals surface area contributed by atoms with E-state index < -0.39 is 0 Å². The highest BCUT2D eigenvalue weighted by molar-refractivity contribution is 9.10. The van der Waals surface area contributed by atoms with Crippen LogP contribution in [0.25, 0.3) is 10.1 Å². The van der Waals surface area contributed by atoms with Crippen molar-refractivity contribution in [2.24, 2.45) is 5.73 Å². The number of nitrogens with two attached hydrogens (primary N) is 1. The topological polar surface area (TPSA) is 38.9 Å². The van der Waals surface area contributed by atoms with E-state index in [9.17, 15) is 0 Å². The molecule has 2 nitrogen and oxygen atoms in total. The molecule has 3 aromatic rings. The fraction of sp³-hybridized carbons (Fsp3) is 0.133. The number of nitrogens with zero attached hydrogens (tertiary/aromatic N) is 1. The zero-order valence-electron chi connectivity index (χ0n) is 10.2. The molecule has 0 aliphatic rings. The first-order valence-electron chi connectivity index (χ1n) is 6.07. The highest BCUT2D eigenvalue weighted by Crippen LogP contribution is 2.30. The van der Waals surface area contributed by atoms with Crippen LogP contribution in [-0.4, -0.2) is 4.98 Å². The lowest BCUT2D eigenvalue weighted by molar-refractivity contribution is 0.720. The smallest absolute Gasteiger partial charge is 0.0446 e. The molecule has 0 aliphatic heterocycles. The first kappa shape index (κ1) is 12.8. The monoisotopic (exact) mass is 332 g/mol. The summed E-state index contributed by atoms with van der Waals surface area (Å²) in [5.41, 5.74) is 7.31. The number of hydrogen-bond acceptors (Lipinski definition) is 3. The van der Waals surface area contributed by atoms with Crippen LogP contribution in [0.1, 0.15) is 16.6 Å². The maximum atomic E-state index is 6.29. The van der Waals surface area contributed by atoms with Gasteiger partial charge >= 0.3 is 0 Å². The highest BCUT2D eigenvalue weighted by atomic mass is 79.9. The Morgan fingerprint density at radius 1 is 1.21 bits per heavy atom. The normalized spacial score (nSPS) is 12.7. The van der Waals surface area contributed by atoms with Crippen molar-refractivity contribution in [2.75, 3.05) is 0 Å². The summed E-state index contributed by atoms with van der Waals surface area (Å²) < 4.78 is 2.28. The molecule has 1 unspecified atom stereocenters. The second-order valence-electron chi connectivity index (χ2n) is 4.46. The number of hydrogen-bond donors (Lipinski definition) is 1. The number of thiophene rings is 1. The van der Waals surface area contributed by atoms with Gasteiger partial charge in [-0.2, -0.15) is 0 Å². The maximum absolute atomic E-state index is 6.29. The van der Waals surface area contributed by atoms with Crippen molar-refractivity contribution < 1.29 is 0 Å². The number of fused-ring (bicyclic) bond motifs is 1. The maximum Gasteiger partial charge on any atom is 0.0446 e. The summed E-state index contributed by atoms with van der Waals surface area (Å²) >= 11 is 5.15. The van der Waals surface area contributed by atoms with Gasteiger partial charge in [-0.3, -0.25) is 4.98 Å². The van der Waals surface area contributed by atoms with Crippen LogP contribution in [0, 0.1) is 0 Å². The molecular weight excluding hydrogens is 320 g/mol. The Bertz CT molecular complexity index is 658. The van der Waals surface area contributed by atoms with E-state index in [1.54, 1.807) is 11.3 Å². The van der Waals surface area contributed by atoms with Crippen molar-refractivity contribution in [3.63, 3.8) is 0 Å². The van der Waals surface area contributed by atoms with Crippen LogP contribution in [0.15, 0.2) is 53.1 Å². The SMILES string of the molecule is NC(Cc1ccc(Br)cn1)c1cc2ccccc2s1. The van der Waals surface area contributed by atoms with E-state index in [0.29, 0.717) is 0 Å². The van der Waals surface area contributed by atoms with Crippen LogP contribution in [-0.2, 0) is 6.42 Å². The molecule has 0 amide bonds. The van der Waals surface area contributed by atoms with Crippen molar-refractivity contribution in [1.29, 1.82) is 0 Å². The number of rotatable bonds is 3. The lowest BCUT2D eigenvalue weighted by atomic mass is 10.1. The van der Waals surface area contributed by atoms with E-state index in [1.165, 1.54) is 15.0 Å². The predicted molar refractivity (Wildman–Crippen MR) is 84.4 cm³/mol. The molecule has 2 aromatic heterocycles. The van der Waals surface area contributed by atoms with E-state index in [0.717, 1.165) is 16.6 Å². The van der Waals surface area contributed by atoms with Gasteiger partial charge in [-0.1, -0.05) is 18.2 Å². The summed E-state index contributed by atoms with van der Waals surface area (Å²) in [6, 6.07) is 14.6. The fourth-order valence-corrected chi connectivity index (χ4v) is 3.34. The van der Waals surface area contributed by atoms with Crippen molar-refractivity contribution in [3.8, 4) is 0 Å². The minimum Gasteiger partial charge on any atom is -0.323 e. The first-order chi connectivity index (χ1) is 9.22. The molecule has 96 valence electrons. The molecule has 0 saturated carbocycles. The largest absolute Gasteiger partial charge is 0.323 e. The Kier molecular flexibility index (Phi) is 3.64. The molecule has 0 spiro atoms. The van der Waals surface area contributed by atoms with Gasteiger partial charge in [-0.25, -0.2) is 0 Å². The Morgan fingerprint density at radius 2 is 2.05 bits per heavy atom. The van der Waals surface area contributed by atoms with Gasteiger partial charge in [0.2, 0.25) is 0 Å². The van der Waals surface area contributed by atoms with Gasteiger partial charge in [0.25, 0.3) is 0 Å². The third kappa shape index (κ3) is 2.86. The Labute approximate surface area is 124 Å². The van der Waals surface area contributed by atoms with Crippen LogP contribution >= 0.6 is 27.3 Å². The average molecular weight is 333 g/mol.